The highest BCUT2D eigenvalue weighted by Gasteiger charge is 2.23. The fourth-order valence-electron chi connectivity index (χ4n) is 2.76. The minimum Gasteiger partial charge on any atom is -0.351 e. The summed E-state index contributed by atoms with van der Waals surface area (Å²) in [5, 5.41) is 2.92. The van der Waals surface area contributed by atoms with Gasteiger partial charge in [-0.25, -0.2) is 4.79 Å². The van der Waals surface area contributed by atoms with E-state index in [1.54, 1.807) is 42.6 Å². The van der Waals surface area contributed by atoms with Gasteiger partial charge in [0.25, 0.3) is 11.5 Å². The number of amides is 3. The number of primary amides is 1. The number of urea groups is 1. The van der Waals surface area contributed by atoms with E-state index in [0.29, 0.717) is 30.8 Å². The van der Waals surface area contributed by atoms with E-state index in [-0.39, 0.29) is 17.5 Å². The Hall–Kier alpha value is -3.09. The maximum absolute atomic E-state index is 12.3. The number of nitrogens with one attached hydrogen (secondary N) is 1. The number of carbonyl (C=O) groups excluding carboxylic acids is 2. The van der Waals surface area contributed by atoms with Gasteiger partial charge < -0.3 is 16.0 Å². The lowest BCUT2D eigenvalue weighted by atomic mass is 10.0. The summed E-state index contributed by atoms with van der Waals surface area (Å²) < 4.78 is 1.51. The third kappa shape index (κ3) is 3.88. The molecule has 1 aliphatic rings. The molecule has 2 heterocycles. The lowest BCUT2D eigenvalue weighted by Gasteiger charge is -2.30. The van der Waals surface area contributed by atoms with E-state index in [2.05, 4.69) is 5.32 Å². The van der Waals surface area contributed by atoms with Crippen molar-refractivity contribution in [2.75, 3.05) is 13.1 Å². The molecule has 0 saturated carbocycles. The van der Waals surface area contributed by atoms with Crippen LogP contribution in [0.4, 0.5) is 4.79 Å². The van der Waals surface area contributed by atoms with Crippen LogP contribution in [0.2, 0.25) is 0 Å². The van der Waals surface area contributed by atoms with Crippen molar-refractivity contribution >= 4 is 11.9 Å². The first-order valence-corrected chi connectivity index (χ1v) is 8.01. The number of rotatable bonds is 3. The van der Waals surface area contributed by atoms with Crippen LogP contribution in [-0.4, -0.2) is 40.5 Å². The van der Waals surface area contributed by atoms with E-state index in [1.165, 1.54) is 15.5 Å². The van der Waals surface area contributed by atoms with Gasteiger partial charge in [-0.3, -0.25) is 14.2 Å². The second kappa shape index (κ2) is 7.21. The van der Waals surface area contributed by atoms with Crippen molar-refractivity contribution in [3.8, 4) is 5.69 Å². The number of benzene rings is 1. The van der Waals surface area contributed by atoms with Gasteiger partial charge in [-0.1, -0.05) is 6.07 Å². The van der Waals surface area contributed by atoms with Crippen LogP contribution in [0.15, 0.2) is 53.5 Å². The Morgan fingerprint density at radius 2 is 1.88 bits per heavy atom. The molecule has 7 nitrogen and oxygen atoms in total. The van der Waals surface area contributed by atoms with Gasteiger partial charge in [-0.2, -0.15) is 0 Å². The molecule has 1 unspecified atom stereocenters. The molecular weight excluding hydrogens is 320 g/mol. The standard InChI is InChI=1S/C18H19N4O3/c19-18(25)21-11-8-14(9-12-21)20-17(24)13-4-6-15(7-5-13)22-10-2-1-3-16(22)23/h1-8,10,14H,9,11-12H2,(H2,19,25)(H,20,24). The van der Waals surface area contributed by atoms with Crippen LogP contribution in [0.1, 0.15) is 16.8 Å². The maximum Gasteiger partial charge on any atom is 0.314 e. The number of pyridine rings is 1. The summed E-state index contributed by atoms with van der Waals surface area (Å²) in [4.78, 5) is 36.8. The molecule has 1 radical (unpaired) electrons. The molecule has 1 fully saturated rings. The average Bonchev–Trinajstić information content (AvgIpc) is 2.63. The molecule has 25 heavy (non-hydrogen) atoms. The molecule has 7 heteroatoms. The fourth-order valence-corrected chi connectivity index (χ4v) is 2.76. The SMILES string of the molecule is NC(=O)N1C[CH]C(NC(=O)c2ccc(-n3ccccc3=O)cc2)CC1. The number of piperidine rings is 1. The zero-order valence-electron chi connectivity index (χ0n) is 13.6. The third-order valence-corrected chi connectivity index (χ3v) is 4.18. The highest BCUT2D eigenvalue weighted by atomic mass is 16.2. The fraction of sp³-hybridized carbons (Fsp3) is 0.222. The van der Waals surface area contributed by atoms with Crippen molar-refractivity contribution in [2.45, 2.75) is 12.5 Å². The Morgan fingerprint density at radius 3 is 2.48 bits per heavy atom. The van der Waals surface area contributed by atoms with Gasteiger partial charge in [0.1, 0.15) is 0 Å². The minimum absolute atomic E-state index is 0.0977. The number of nitrogens with two attached hydrogens (primary N) is 1. The molecule has 1 saturated heterocycles. The van der Waals surface area contributed by atoms with E-state index in [4.69, 9.17) is 5.73 Å². The summed E-state index contributed by atoms with van der Waals surface area (Å²) in [6.45, 7) is 0.947. The topological polar surface area (TPSA) is 97.4 Å². The molecule has 1 aliphatic heterocycles. The van der Waals surface area contributed by atoms with Crippen LogP contribution in [-0.2, 0) is 0 Å². The first-order chi connectivity index (χ1) is 12.0. The largest absolute Gasteiger partial charge is 0.351 e. The molecular formula is C18H19N4O3. The number of likely N-dealkylation sites (tertiary alicyclic amines) is 1. The van der Waals surface area contributed by atoms with E-state index in [1.807, 2.05) is 6.42 Å². The molecule has 0 spiro atoms. The molecule has 1 aromatic heterocycles. The normalized spacial score (nSPS) is 15.0. The van der Waals surface area contributed by atoms with Crippen LogP contribution >= 0.6 is 0 Å². The van der Waals surface area contributed by atoms with Crippen molar-refractivity contribution in [3.05, 3.63) is 71.0 Å². The summed E-state index contributed by atoms with van der Waals surface area (Å²) in [7, 11) is 0. The molecule has 3 rings (SSSR count). The first-order valence-electron chi connectivity index (χ1n) is 8.01. The molecule has 1 aromatic carbocycles. The molecule has 1 atom stereocenters. The summed E-state index contributed by atoms with van der Waals surface area (Å²) >= 11 is 0. The van der Waals surface area contributed by atoms with Gasteiger partial charge >= 0.3 is 6.03 Å². The Kier molecular flexibility index (Phi) is 4.83. The Labute approximate surface area is 145 Å². The van der Waals surface area contributed by atoms with Crippen LogP contribution in [0, 0.1) is 6.42 Å². The quantitative estimate of drug-likeness (QED) is 0.870. The van der Waals surface area contributed by atoms with E-state index < -0.39 is 6.03 Å². The second-order valence-electron chi connectivity index (χ2n) is 5.84. The van der Waals surface area contributed by atoms with Gasteiger partial charge in [0.15, 0.2) is 0 Å². The predicted octanol–water partition coefficient (Wildman–Crippen LogP) is 0.925. The molecule has 0 bridgehead atoms. The van der Waals surface area contributed by atoms with E-state index in [0.717, 1.165) is 0 Å². The zero-order chi connectivity index (χ0) is 17.8. The molecule has 2 aromatic rings. The zero-order valence-corrected chi connectivity index (χ0v) is 13.6. The van der Waals surface area contributed by atoms with Crippen LogP contribution in [0.3, 0.4) is 0 Å². The predicted molar refractivity (Wildman–Crippen MR) is 93.4 cm³/mol. The summed E-state index contributed by atoms with van der Waals surface area (Å²) in [6, 6.07) is 11.2. The Balaban J connectivity index is 1.63. The van der Waals surface area contributed by atoms with Crippen LogP contribution in [0.25, 0.3) is 5.69 Å². The van der Waals surface area contributed by atoms with Crippen LogP contribution < -0.4 is 16.6 Å². The number of nitrogens with zero attached hydrogens (tertiary/aromatic N) is 2. The molecule has 3 amide bonds. The second-order valence-corrected chi connectivity index (χ2v) is 5.84. The van der Waals surface area contributed by atoms with Crippen LogP contribution in [0.5, 0.6) is 0 Å². The Bertz CT molecular complexity index is 821. The maximum atomic E-state index is 12.3. The van der Waals surface area contributed by atoms with Crippen molar-refractivity contribution in [1.29, 1.82) is 0 Å². The summed E-state index contributed by atoms with van der Waals surface area (Å²) in [5.41, 5.74) is 6.31. The van der Waals surface area contributed by atoms with Crippen molar-refractivity contribution in [3.63, 3.8) is 0 Å². The third-order valence-electron chi connectivity index (χ3n) is 4.18. The van der Waals surface area contributed by atoms with Gasteiger partial charge in [-0.15, -0.1) is 0 Å². The highest BCUT2D eigenvalue weighted by molar-refractivity contribution is 5.94. The van der Waals surface area contributed by atoms with Gasteiger partial charge in [0.2, 0.25) is 0 Å². The minimum atomic E-state index is -0.451. The number of hydrogen-bond acceptors (Lipinski definition) is 3. The molecule has 3 N–H and O–H groups in total. The summed E-state index contributed by atoms with van der Waals surface area (Å²) in [6.07, 6.45) is 4.18. The van der Waals surface area contributed by atoms with Gasteiger partial charge in [0.05, 0.1) is 0 Å². The number of hydrogen-bond donors (Lipinski definition) is 2. The van der Waals surface area contributed by atoms with Crippen molar-refractivity contribution < 1.29 is 9.59 Å². The van der Waals surface area contributed by atoms with Gasteiger partial charge in [0, 0.05) is 49.1 Å². The van der Waals surface area contributed by atoms with Gasteiger partial charge in [-0.05, 0) is 36.8 Å². The van der Waals surface area contributed by atoms with E-state index >= 15 is 0 Å². The van der Waals surface area contributed by atoms with Crippen molar-refractivity contribution in [1.82, 2.24) is 14.8 Å². The van der Waals surface area contributed by atoms with Crippen molar-refractivity contribution in [2.24, 2.45) is 5.73 Å². The average molecular weight is 339 g/mol. The summed E-state index contributed by atoms with van der Waals surface area (Å²) in [5.74, 6) is -0.194. The lowest BCUT2D eigenvalue weighted by molar-refractivity contribution is 0.0933. The lowest BCUT2D eigenvalue weighted by Crippen LogP contribution is -2.48. The Morgan fingerprint density at radius 1 is 1.12 bits per heavy atom. The first kappa shape index (κ1) is 16.8. The number of aromatic nitrogens is 1. The monoisotopic (exact) mass is 339 g/mol. The molecule has 129 valence electrons. The number of carbonyl (C=O) groups is 2. The molecule has 0 aliphatic carbocycles. The van der Waals surface area contributed by atoms with E-state index in [9.17, 15) is 14.4 Å². The highest BCUT2D eigenvalue weighted by Crippen LogP contribution is 2.12. The smallest absolute Gasteiger partial charge is 0.314 e.